The van der Waals surface area contributed by atoms with Crippen molar-refractivity contribution in [2.75, 3.05) is 25.5 Å². The van der Waals surface area contributed by atoms with Gasteiger partial charge in [-0.1, -0.05) is 18.2 Å². The quantitative estimate of drug-likeness (QED) is 0.846. The molecular weight excluding hydrogens is 226 g/mol. The Kier molecular flexibility index (Phi) is 4.20. The van der Waals surface area contributed by atoms with E-state index in [0.29, 0.717) is 12.6 Å². The average Bonchev–Trinajstić information content (AvgIpc) is 2.84. The van der Waals surface area contributed by atoms with Gasteiger partial charge < -0.3 is 15.5 Å². The molecule has 1 heterocycles. The van der Waals surface area contributed by atoms with E-state index in [9.17, 15) is 4.79 Å². The summed E-state index contributed by atoms with van der Waals surface area (Å²) in [6.45, 7) is 4.33. The molecule has 1 aromatic carbocycles. The molecule has 1 aromatic rings. The Bertz CT molecular complexity index is 413. The summed E-state index contributed by atoms with van der Waals surface area (Å²) in [5.74, 6) is 0.0901. The first-order valence-electron chi connectivity index (χ1n) is 6.43. The Hall–Kier alpha value is -1.55. The predicted octanol–water partition coefficient (Wildman–Crippen LogP) is 1.44. The van der Waals surface area contributed by atoms with Gasteiger partial charge in [-0.3, -0.25) is 4.79 Å². The van der Waals surface area contributed by atoms with Gasteiger partial charge in [0, 0.05) is 38.8 Å². The molecule has 98 valence electrons. The summed E-state index contributed by atoms with van der Waals surface area (Å²) in [6, 6.07) is 8.70. The van der Waals surface area contributed by atoms with Crippen LogP contribution in [0.2, 0.25) is 0 Å². The van der Waals surface area contributed by atoms with Crippen molar-refractivity contribution in [1.29, 1.82) is 0 Å². The number of nitrogens with one attached hydrogen (secondary N) is 2. The lowest BCUT2D eigenvalue weighted by atomic mass is 10.1. The molecule has 2 N–H and O–H groups in total. The van der Waals surface area contributed by atoms with E-state index < -0.39 is 0 Å². The maximum atomic E-state index is 11.3. The largest absolute Gasteiger partial charge is 0.381 e. The lowest BCUT2D eigenvalue weighted by Crippen LogP contribution is -2.26. The van der Waals surface area contributed by atoms with Gasteiger partial charge in [-0.25, -0.2) is 0 Å². The van der Waals surface area contributed by atoms with E-state index in [1.807, 2.05) is 19.2 Å². The summed E-state index contributed by atoms with van der Waals surface area (Å²) >= 11 is 0. The maximum absolute atomic E-state index is 11.3. The van der Waals surface area contributed by atoms with Crippen molar-refractivity contribution in [3.05, 3.63) is 29.8 Å². The number of amides is 1. The molecule has 1 unspecified atom stereocenters. The molecule has 1 aliphatic heterocycles. The molecule has 2 rings (SSSR count). The summed E-state index contributed by atoms with van der Waals surface area (Å²) < 4.78 is 0. The fourth-order valence-corrected chi connectivity index (χ4v) is 2.16. The molecule has 1 amide bonds. The topological polar surface area (TPSA) is 44.4 Å². The Labute approximate surface area is 108 Å². The molecule has 0 aromatic heterocycles. The van der Waals surface area contributed by atoms with E-state index in [2.05, 4.69) is 22.8 Å². The van der Waals surface area contributed by atoms with E-state index in [-0.39, 0.29) is 5.91 Å². The first kappa shape index (κ1) is 12.9. The van der Waals surface area contributed by atoms with Crippen molar-refractivity contribution in [1.82, 2.24) is 10.2 Å². The summed E-state index contributed by atoms with van der Waals surface area (Å²) in [5.41, 5.74) is 2.31. The number of benzene rings is 1. The fourth-order valence-electron chi connectivity index (χ4n) is 2.16. The smallest absolute Gasteiger partial charge is 0.219 e. The number of para-hydroxylation sites is 1. The van der Waals surface area contributed by atoms with Crippen molar-refractivity contribution in [3.8, 4) is 0 Å². The van der Waals surface area contributed by atoms with Gasteiger partial charge >= 0.3 is 0 Å². The molecule has 0 saturated carbocycles. The third-order valence-electron chi connectivity index (χ3n) is 3.38. The van der Waals surface area contributed by atoms with Crippen LogP contribution >= 0.6 is 0 Å². The van der Waals surface area contributed by atoms with E-state index in [4.69, 9.17) is 0 Å². The van der Waals surface area contributed by atoms with Crippen molar-refractivity contribution in [2.45, 2.75) is 25.9 Å². The third-order valence-corrected chi connectivity index (χ3v) is 3.38. The maximum Gasteiger partial charge on any atom is 0.219 e. The lowest BCUT2D eigenvalue weighted by molar-refractivity contribution is -0.128. The van der Waals surface area contributed by atoms with E-state index in [1.54, 1.807) is 11.8 Å². The number of hydrogen-bond donors (Lipinski definition) is 2. The molecule has 0 bridgehead atoms. The molecule has 1 saturated heterocycles. The summed E-state index contributed by atoms with van der Waals surface area (Å²) in [6.07, 6.45) is 1.15. The molecule has 4 heteroatoms. The molecule has 0 aliphatic carbocycles. The SMILES string of the molecule is CC(=O)N(C)Cc1ccccc1NC1CCNC1. The summed E-state index contributed by atoms with van der Waals surface area (Å²) in [5, 5.41) is 6.90. The minimum atomic E-state index is 0.0901. The van der Waals surface area contributed by atoms with Crippen LogP contribution in [0.15, 0.2) is 24.3 Å². The zero-order valence-electron chi connectivity index (χ0n) is 11.1. The second-order valence-electron chi connectivity index (χ2n) is 4.87. The van der Waals surface area contributed by atoms with E-state index >= 15 is 0 Å². The van der Waals surface area contributed by atoms with Gasteiger partial charge in [0.05, 0.1) is 0 Å². The van der Waals surface area contributed by atoms with Gasteiger partial charge in [0.25, 0.3) is 0 Å². The number of anilines is 1. The number of carbonyl (C=O) groups excluding carboxylic acids is 1. The van der Waals surface area contributed by atoms with Crippen LogP contribution in [0.25, 0.3) is 0 Å². The molecule has 0 spiro atoms. The van der Waals surface area contributed by atoms with E-state index in [1.165, 1.54) is 5.56 Å². The molecule has 4 nitrogen and oxygen atoms in total. The monoisotopic (exact) mass is 247 g/mol. The van der Waals surface area contributed by atoms with Crippen LogP contribution in [-0.4, -0.2) is 37.0 Å². The highest BCUT2D eigenvalue weighted by molar-refractivity contribution is 5.73. The molecule has 18 heavy (non-hydrogen) atoms. The predicted molar refractivity (Wildman–Crippen MR) is 73.5 cm³/mol. The zero-order chi connectivity index (χ0) is 13.0. The Morgan fingerprint density at radius 1 is 1.50 bits per heavy atom. The van der Waals surface area contributed by atoms with Crippen molar-refractivity contribution >= 4 is 11.6 Å². The Balaban J connectivity index is 2.06. The number of nitrogens with zero attached hydrogens (tertiary/aromatic N) is 1. The van der Waals surface area contributed by atoms with Crippen LogP contribution in [0.1, 0.15) is 18.9 Å². The molecule has 1 fully saturated rings. The highest BCUT2D eigenvalue weighted by Crippen LogP contribution is 2.19. The van der Waals surface area contributed by atoms with Crippen LogP contribution in [-0.2, 0) is 11.3 Å². The summed E-state index contributed by atoms with van der Waals surface area (Å²) in [4.78, 5) is 13.0. The first-order chi connectivity index (χ1) is 8.66. The van der Waals surface area contributed by atoms with Crippen LogP contribution in [0, 0.1) is 0 Å². The third kappa shape index (κ3) is 3.23. The van der Waals surface area contributed by atoms with Crippen LogP contribution < -0.4 is 10.6 Å². The number of hydrogen-bond acceptors (Lipinski definition) is 3. The van der Waals surface area contributed by atoms with Gasteiger partial charge in [-0.05, 0) is 24.6 Å². The van der Waals surface area contributed by atoms with Crippen molar-refractivity contribution in [2.24, 2.45) is 0 Å². The second kappa shape index (κ2) is 5.87. The highest BCUT2D eigenvalue weighted by Gasteiger charge is 2.15. The van der Waals surface area contributed by atoms with Gasteiger partial charge in [-0.2, -0.15) is 0 Å². The Morgan fingerprint density at radius 2 is 2.28 bits per heavy atom. The van der Waals surface area contributed by atoms with Crippen molar-refractivity contribution in [3.63, 3.8) is 0 Å². The van der Waals surface area contributed by atoms with Gasteiger partial charge in [0.15, 0.2) is 0 Å². The van der Waals surface area contributed by atoms with Gasteiger partial charge in [0.1, 0.15) is 0 Å². The minimum Gasteiger partial charge on any atom is -0.381 e. The Morgan fingerprint density at radius 3 is 2.94 bits per heavy atom. The molecular formula is C14H21N3O. The highest BCUT2D eigenvalue weighted by atomic mass is 16.2. The second-order valence-corrected chi connectivity index (χ2v) is 4.87. The van der Waals surface area contributed by atoms with Gasteiger partial charge in [0.2, 0.25) is 5.91 Å². The standard InChI is InChI=1S/C14H21N3O/c1-11(18)17(2)10-12-5-3-4-6-14(12)16-13-7-8-15-9-13/h3-6,13,15-16H,7-10H2,1-2H3. The number of carbonyl (C=O) groups is 1. The molecule has 1 aliphatic rings. The molecule has 1 atom stereocenters. The average molecular weight is 247 g/mol. The summed E-state index contributed by atoms with van der Waals surface area (Å²) in [7, 11) is 1.83. The molecule has 0 radical (unpaired) electrons. The van der Waals surface area contributed by atoms with E-state index in [0.717, 1.165) is 25.2 Å². The van der Waals surface area contributed by atoms with Gasteiger partial charge in [-0.15, -0.1) is 0 Å². The first-order valence-corrected chi connectivity index (χ1v) is 6.43. The van der Waals surface area contributed by atoms with Crippen LogP contribution in [0.4, 0.5) is 5.69 Å². The lowest BCUT2D eigenvalue weighted by Gasteiger charge is -2.20. The van der Waals surface area contributed by atoms with Crippen molar-refractivity contribution < 1.29 is 4.79 Å². The van der Waals surface area contributed by atoms with Crippen LogP contribution in [0.3, 0.4) is 0 Å². The number of rotatable bonds is 4. The zero-order valence-corrected chi connectivity index (χ0v) is 11.1. The fraction of sp³-hybridized carbons (Fsp3) is 0.500. The minimum absolute atomic E-state index is 0.0901. The normalized spacial score (nSPS) is 18.7. The van der Waals surface area contributed by atoms with Crippen LogP contribution in [0.5, 0.6) is 0 Å².